The van der Waals surface area contributed by atoms with Crippen molar-refractivity contribution >= 4 is 52.6 Å². The van der Waals surface area contributed by atoms with Crippen molar-refractivity contribution in [3.8, 4) is 0 Å². The van der Waals surface area contributed by atoms with Crippen molar-refractivity contribution in [2.75, 3.05) is 5.32 Å². The van der Waals surface area contributed by atoms with Gasteiger partial charge in [-0.3, -0.25) is 19.4 Å². The molecule has 0 spiro atoms. The number of hydrogen-bond donors (Lipinski definition) is 3. The SMILES string of the molecule is C=C(N)/C(C(=O)CC)=C(\N=C/C)C(=O)NC(C)c1ncc(C(=O)Nc2cc(C(F)(F)F)c(Cl)cn2)s1. The van der Waals surface area contributed by atoms with Crippen molar-refractivity contribution < 1.29 is 27.6 Å². The standard InChI is InChI=1S/C22H22ClF3N6O3S/c1-5-14(33)17(10(3)27)18(28-6-2)20(35)31-11(4)21-30-9-15(36-21)19(34)32-16-7-12(22(24,25)26)13(23)8-29-16/h6-9,11H,3,5,27H2,1-2,4H3,(H,31,35)(H,29,32,34)/b18-17+,28-6-. The highest BCUT2D eigenvalue weighted by Gasteiger charge is 2.34. The van der Waals surface area contributed by atoms with Gasteiger partial charge in [0.15, 0.2) is 5.78 Å². The number of anilines is 1. The number of rotatable bonds is 9. The van der Waals surface area contributed by atoms with Gasteiger partial charge in [-0.2, -0.15) is 13.2 Å². The number of alkyl halides is 3. The number of nitrogens with two attached hydrogens (primary N) is 1. The number of aliphatic imine (C=N–C) groups is 1. The van der Waals surface area contributed by atoms with Crippen molar-refractivity contribution in [1.29, 1.82) is 0 Å². The van der Waals surface area contributed by atoms with Gasteiger partial charge in [0.1, 0.15) is 21.4 Å². The maximum Gasteiger partial charge on any atom is 0.418 e. The van der Waals surface area contributed by atoms with Crippen molar-refractivity contribution in [2.45, 2.75) is 39.4 Å². The van der Waals surface area contributed by atoms with Crippen molar-refractivity contribution in [3.63, 3.8) is 0 Å². The number of carbonyl (C=O) groups excluding carboxylic acids is 3. The molecule has 0 fully saturated rings. The van der Waals surface area contributed by atoms with E-state index in [4.69, 9.17) is 17.3 Å². The Balaban J connectivity index is 2.22. The molecule has 9 nitrogen and oxygen atoms in total. The van der Waals surface area contributed by atoms with Crippen LogP contribution in [0.1, 0.15) is 53.5 Å². The molecule has 2 rings (SSSR count). The fourth-order valence-electron chi connectivity index (χ4n) is 2.83. The van der Waals surface area contributed by atoms with E-state index in [-0.39, 0.29) is 34.1 Å². The van der Waals surface area contributed by atoms with E-state index in [1.54, 1.807) is 20.8 Å². The molecule has 0 radical (unpaired) electrons. The highest BCUT2D eigenvalue weighted by Crippen LogP contribution is 2.35. The molecular weight excluding hydrogens is 521 g/mol. The number of carbonyl (C=O) groups is 3. The summed E-state index contributed by atoms with van der Waals surface area (Å²) in [5.41, 5.74) is 4.14. The Labute approximate surface area is 213 Å². The van der Waals surface area contributed by atoms with Gasteiger partial charge in [-0.15, -0.1) is 11.3 Å². The molecule has 2 heterocycles. The van der Waals surface area contributed by atoms with Crippen LogP contribution in [0.15, 0.2) is 47.0 Å². The topological polar surface area (TPSA) is 139 Å². The molecule has 14 heteroatoms. The summed E-state index contributed by atoms with van der Waals surface area (Å²) >= 11 is 6.43. The molecular formula is C22H22ClF3N6O3S. The maximum absolute atomic E-state index is 13.0. The molecule has 2 aromatic heterocycles. The molecule has 192 valence electrons. The monoisotopic (exact) mass is 542 g/mol. The number of halogens is 4. The maximum atomic E-state index is 13.0. The fraction of sp³-hybridized carbons (Fsp3) is 0.273. The summed E-state index contributed by atoms with van der Waals surface area (Å²) in [6, 6.07) is -0.103. The quantitative estimate of drug-likeness (QED) is 0.243. The van der Waals surface area contributed by atoms with Gasteiger partial charge in [0.25, 0.3) is 11.8 Å². The third kappa shape index (κ3) is 6.98. The average Bonchev–Trinajstić information content (AvgIpc) is 3.29. The largest absolute Gasteiger partial charge is 0.418 e. The highest BCUT2D eigenvalue weighted by molar-refractivity contribution is 7.13. The van der Waals surface area contributed by atoms with Crippen LogP contribution < -0.4 is 16.4 Å². The van der Waals surface area contributed by atoms with Gasteiger partial charge in [0, 0.05) is 24.5 Å². The summed E-state index contributed by atoms with van der Waals surface area (Å²) in [7, 11) is 0. The minimum atomic E-state index is -4.72. The van der Waals surface area contributed by atoms with Crippen LogP contribution in [0.5, 0.6) is 0 Å². The first-order valence-electron chi connectivity index (χ1n) is 10.3. The molecule has 2 aromatic rings. The van der Waals surface area contributed by atoms with Gasteiger partial charge in [-0.05, 0) is 19.9 Å². The summed E-state index contributed by atoms with van der Waals surface area (Å²) in [4.78, 5) is 49.5. The van der Waals surface area contributed by atoms with E-state index in [0.29, 0.717) is 11.1 Å². The lowest BCUT2D eigenvalue weighted by molar-refractivity contribution is -0.137. The fourth-order valence-corrected chi connectivity index (χ4v) is 3.85. The zero-order valence-corrected chi connectivity index (χ0v) is 20.9. The number of allylic oxidation sites excluding steroid dienone is 1. The van der Waals surface area contributed by atoms with E-state index in [0.717, 1.165) is 17.5 Å². The first-order chi connectivity index (χ1) is 16.8. The lowest BCUT2D eigenvalue weighted by atomic mass is 10.0. The van der Waals surface area contributed by atoms with Crippen LogP contribution in [-0.4, -0.2) is 33.8 Å². The molecule has 1 atom stereocenters. The third-order valence-corrected chi connectivity index (χ3v) is 5.98. The molecule has 0 aliphatic rings. The second-order valence-electron chi connectivity index (χ2n) is 7.17. The number of nitrogens with one attached hydrogen (secondary N) is 2. The Hall–Kier alpha value is -3.58. The van der Waals surface area contributed by atoms with Crippen LogP contribution >= 0.6 is 22.9 Å². The summed E-state index contributed by atoms with van der Waals surface area (Å²) < 4.78 is 39.1. The van der Waals surface area contributed by atoms with Crippen LogP contribution in [0.4, 0.5) is 19.0 Å². The van der Waals surface area contributed by atoms with Crippen LogP contribution in [0.2, 0.25) is 5.02 Å². The second kappa shape index (κ2) is 11.9. The van der Waals surface area contributed by atoms with E-state index < -0.39 is 40.4 Å². The Bertz CT molecular complexity index is 1260. The van der Waals surface area contributed by atoms with E-state index in [1.807, 2.05) is 0 Å². The first kappa shape index (κ1) is 28.7. The normalized spacial score (nSPS) is 13.2. The van der Waals surface area contributed by atoms with Crippen LogP contribution in [-0.2, 0) is 15.8 Å². The molecule has 1 unspecified atom stereocenters. The summed E-state index contributed by atoms with van der Waals surface area (Å²) in [5, 5.41) is 4.60. The Morgan fingerprint density at radius 2 is 1.97 bits per heavy atom. The van der Waals surface area contributed by atoms with Crippen molar-refractivity contribution in [3.05, 3.63) is 62.5 Å². The van der Waals surface area contributed by atoms with Gasteiger partial charge in [-0.1, -0.05) is 25.1 Å². The summed E-state index contributed by atoms with van der Waals surface area (Å²) in [5.74, 6) is -2.24. The highest BCUT2D eigenvalue weighted by atomic mass is 35.5. The Morgan fingerprint density at radius 3 is 2.53 bits per heavy atom. The van der Waals surface area contributed by atoms with Gasteiger partial charge >= 0.3 is 6.18 Å². The summed E-state index contributed by atoms with van der Waals surface area (Å²) in [6.07, 6.45) is -1.33. The summed E-state index contributed by atoms with van der Waals surface area (Å²) in [6.45, 7) is 8.29. The predicted octanol–water partition coefficient (Wildman–Crippen LogP) is 4.44. The van der Waals surface area contributed by atoms with Crippen LogP contribution in [0.25, 0.3) is 0 Å². The van der Waals surface area contributed by atoms with Gasteiger partial charge in [0.05, 0.1) is 28.4 Å². The smallest absolute Gasteiger partial charge is 0.399 e. The minimum Gasteiger partial charge on any atom is -0.399 e. The zero-order valence-electron chi connectivity index (χ0n) is 19.4. The molecule has 4 N–H and O–H groups in total. The Kier molecular flexibility index (Phi) is 9.48. The van der Waals surface area contributed by atoms with E-state index in [1.165, 1.54) is 12.4 Å². The zero-order chi connectivity index (χ0) is 27.2. The van der Waals surface area contributed by atoms with E-state index in [2.05, 4.69) is 32.2 Å². The molecule has 0 saturated heterocycles. The van der Waals surface area contributed by atoms with Crippen LogP contribution in [0, 0.1) is 0 Å². The first-order valence-corrected chi connectivity index (χ1v) is 11.5. The van der Waals surface area contributed by atoms with Gasteiger partial charge < -0.3 is 16.4 Å². The number of nitrogens with zero attached hydrogens (tertiary/aromatic N) is 3. The number of Topliss-reactive ketones (excluding diaryl/α,β-unsaturated/α-hetero) is 1. The van der Waals surface area contributed by atoms with E-state index in [9.17, 15) is 27.6 Å². The van der Waals surface area contributed by atoms with Crippen molar-refractivity contribution in [1.82, 2.24) is 15.3 Å². The molecule has 36 heavy (non-hydrogen) atoms. The lowest BCUT2D eigenvalue weighted by Gasteiger charge is -2.14. The van der Waals surface area contributed by atoms with Crippen LogP contribution in [0.3, 0.4) is 0 Å². The lowest BCUT2D eigenvalue weighted by Crippen LogP contribution is -2.30. The molecule has 2 amide bonds. The third-order valence-electron chi connectivity index (χ3n) is 4.50. The second-order valence-corrected chi connectivity index (χ2v) is 8.64. The molecule has 0 aromatic carbocycles. The average molecular weight is 543 g/mol. The Morgan fingerprint density at radius 1 is 1.31 bits per heavy atom. The molecule has 0 aliphatic carbocycles. The number of thiazole rings is 1. The number of hydrogen-bond acceptors (Lipinski definition) is 8. The number of pyridine rings is 1. The van der Waals surface area contributed by atoms with Gasteiger partial charge in [0.2, 0.25) is 0 Å². The van der Waals surface area contributed by atoms with Gasteiger partial charge in [-0.25, -0.2) is 9.97 Å². The molecule has 0 aliphatic heterocycles. The van der Waals surface area contributed by atoms with E-state index >= 15 is 0 Å². The number of ketones is 1. The minimum absolute atomic E-state index is 0.0518. The molecule has 0 bridgehead atoms. The predicted molar refractivity (Wildman–Crippen MR) is 131 cm³/mol. The number of amides is 2. The molecule has 0 saturated carbocycles. The van der Waals surface area contributed by atoms with Crippen molar-refractivity contribution in [2.24, 2.45) is 10.7 Å². The number of aromatic nitrogens is 2.